The minimum absolute atomic E-state index is 0.0598. The van der Waals surface area contributed by atoms with Gasteiger partial charge in [-0.05, 0) is 36.6 Å². The molecule has 3 aromatic rings. The molecule has 0 radical (unpaired) electrons. The molecule has 3 nitrogen and oxygen atoms in total. The predicted molar refractivity (Wildman–Crippen MR) is 86.7 cm³/mol. The van der Waals surface area contributed by atoms with Gasteiger partial charge in [0.2, 0.25) is 0 Å². The zero-order valence-electron chi connectivity index (χ0n) is 11.7. The number of nitrogens with zero attached hydrogens (tertiary/aromatic N) is 2. The van der Waals surface area contributed by atoms with Crippen LogP contribution in [0.4, 0.5) is 0 Å². The van der Waals surface area contributed by atoms with Crippen LogP contribution in [0.1, 0.15) is 5.69 Å². The Morgan fingerprint density at radius 2 is 1.76 bits per heavy atom. The van der Waals surface area contributed by atoms with E-state index in [0.29, 0.717) is 5.69 Å². The SMILES string of the molecule is CSc1ccc(-c2cc(CO)nn2-c2ccccc2)cc1. The smallest absolute Gasteiger partial charge is 0.0889 e. The fourth-order valence-corrected chi connectivity index (χ4v) is 2.65. The number of aliphatic hydroxyl groups is 1. The molecule has 21 heavy (non-hydrogen) atoms. The average Bonchev–Trinajstić information content (AvgIpc) is 3.00. The van der Waals surface area contributed by atoms with Crippen LogP contribution in [0.5, 0.6) is 0 Å². The first-order chi connectivity index (χ1) is 10.3. The van der Waals surface area contributed by atoms with Gasteiger partial charge in [-0.1, -0.05) is 30.3 Å². The highest BCUT2D eigenvalue weighted by molar-refractivity contribution is 7.98. The summed E-state index contributed by atoms with van der Waals surface area (Å²) >= 11 is 1.72. The van der Waals surface area contributed by atoms with Crippen LogP contribution in [0.15, 0.2) is 65.6 Å². The van der Waals surface area contributed by atoms with E-state index in [1.807, 2.05) is 41.1 Å². The van der Waals surface area contributed by atoms with Gasteiger partial charge in [0.1, 0.15) is 0 Å². The first-order valence-electron chi connectivity index (χ1n) is 6.71. The van der Waals surface area contributed by atoms with Crippen LogP contribution in [0.2, 0.25) is 0 Å². The van der Waals surface area contributed by atoms with E-state index in [9.17, 15) is 5.11 Å². The molecule has 3 rings (SSSR count). The monoisotopic (exact) mass is 296 g/mol. The standard InChI is InChI=1S/C17H16N2OS/c1-21-16-9-7-13(8-10-16)17-11-14(12-20)18-19(17)15-5-3-2-4-6-15/h2-11,20H,12H2,1H3. The normalized spacial score (nSPS) is 10.8. The molecule has 0 spiro atoms. The lowest BCUT2D eigenvalue weighted by Gasteiger charge is -2.08. The molecule has 106 valence electrons. The first kappa shape index (κ1) is 13.9. The number of rotatable bonds is 4. The van der Waals surface area contributed by atoms with E-state index >= 15 is 0 Å². The highest BCUT2D eigenvalue weighted by Crippen LogP contribution is 2.26. The van der Waals surface area contributed by atoms with Crippen LogP contribution < -0.4 is 0 Å². The lowest BCUT2D eigenvalue weighted by molar-refractivity contribution is 0.276. The molecule has 0 aliphatic heterocycles. The Morgan fingerprint density at radius 3 is 2.38 bits per heavy atom. The number of aliphatic hydroxyl groups excluding tert-OH is 1. The van der Waals surface area contributed by atoms with E-state index < -0.39 is 0 Å². The summed E-state index contributed by atoms with van der Waals surface area (Å²) in [5.74, 6) is 0. The van der Waals surface area contributed by atoms with Crippen molar-refractivity contribution in [2.45, 2.75) is 11.5 Å². The lowest BCUT2D eigenvalue weighted by Crippen LogP contribution is -1.99. The Morgan fingerprint density at radius 1 is 1.05 bits per heavy atom. The summed E-state index contributed by atoms with van der Waals surface area (Å²) in [6, 6.07) is 20.3. The van der Waals surface area contributed by atoms with Gasteiger partial charge in [-0.25, -0.2) is 4.68 Å². The highest BCUT2D eigenvalue weighted by atomic mass is 32.2. The van der Waals surface area contributed by atoms with E-state index in [-0.39, 0.29) is 6.61 Å². The minimum atomic E-state index is -0.0598. The second-order valence-electron chi connectivity index (χ2n) is 4.65. The van der Waals surface area contributed by atoms with Gasteiger partial charge < -0.3 is 5.11 Å². The summed E-state index contributed by atoms with van der Waals surface area (Å²) in [4.78, 5) is 1.23. The Bertz CT molecular complexity index is 720. The summed E-state index contributed by atoms with van der Waals surface area (Å²) < 4.78 is 1.87. The van der Waals surface area contributed by atoms with Crippen molar-refractivity contribution >= 4 is 11.8 Å². The molecule has 0 aliphatic rings. The third kappa shape index (κ3) is 2.86. The Kier molecular flexibility index (Phi) is 4.08. The summed E-state index contributed by atoms with van der Waals surface area (Å²) in [7, 11) is 0. The van der Waals surface area contributed by atoms with Crippen molar-refractivity contribution in [2.75, 3.05) is 6.26 Å². The van der Waals surface area contributed by atoms with Gasteiger partial charge in [0.05, 0.1) is 23.7 Å². The Hall–Kier alpha value is -2.04. The largest absolute Gasteiger partial charge is 0.390 e. The van der Waals surface area contributed by atoms with Gasteiger partial charge in [0.25, 0.3) is 0 Å². The van der Waals surface area contributed by atoms with Crippen LogP contribution in [-0.2, 0) is 6.61 Å². The molecule has 1 aromatic heterocycles. The fourth-order valence-electron chi connectivity index (χ4n) is 2.24. The molecular formula is C17H16N2OS. The molecule has 1 heterocycles. The molecule has 2 aromatic carbocycles. The number of thioether (sulfide) groups is 1. The molecular weight excluding hydrogens is 280 g/mol. The zero-order valence-corrected chi connectivity index (χ0v) is 12.5. The van der Waals surface area contributed by atoms with Crippen LogP contribution in [0, 0.1) is 0 Å². The number of hydrogen-bond acceptors (Lipinski definition) is 3. The minimum Gasteiger partial charge on any atom is -0.390 e. The van der Waals surface area contributed by atoms with Crippen molar-refractivity contribution < 1.29 is 5.11 Å². The molecule has 0 atom stereocenters. The first-order valence-corrected chi connectivity index (χ1v) is 7.94. The van der Waals surface area contributed by atoms with E-state index in [2.05, 4.69) is 35.6 Å². The second kappa shape index (κ2) is 6.16. The summed E-state index contributed by atoms with van der Waals surface area (Å²) in [6.07, 6.45) is 2.06. The molecule has 0 fully saturated rings. The van der Waals surface area contributed by atoms with Gasteiger partial charge in [0.15, 0.2) is 0 Å². The zero-order chi connectivity index (χ0) is 14.7. The van der Waals surface area contributed by atoms with Crippen molar-refractivity contribution in [3.63, 3.8) is 0 Å². The fraction of sp³-hybridized carbons (Fsp3) is 0.118. The van der Waals surface area contributed by atoms with Gasteiger partial charge in [-0.15, -0.1) is 11.8 Å². The van der Waals surface area contributed by atoms with Crippen LogP contribution in [0.3, 0.4) is 0 Å². The summed E-state index contributed by atoms with van der Waals surface area (Å²) in [6.45, 7) is -0.0598. The summed E-state index contributed by atoms with van der Waals surface area (Å²) in [5, 5.41) is 13.9. The predicted octanol–water partition coefficient (Wildman–Crippen LogP) is 3.75. The van der Waals surface area contributed by atoms with Crippen molar-refractivity contribution in [3.05, 3.63) is 66.4 Å². The third-order valence-electron chi connectivity index (χ3n) is 3.31. The summed E-state index contributed by atoms with van der Waals surface area (Å²) in [5.41, 5.74) is 3.73. The maximum absolute atomic E-state index is 9.37. The van der Waals surface area contributed by atoms with Crippen molar-refractivity contribution in [1.82, 2.24) is 9.78 Å². The third-order valence-corrected chi connectivity index (χ3v) is 4.05. The molecule has 0 unspecified atom stereocenters. The molecule has 0 aliphatic carbocycles. The molecule has 0 bridgehead atoms. The lowest BCUT2D eigenvalue weighted by atomic mass is 10.1. The Balaban J connectivity index is 2.10. The topological polar surface area (TPSA) is 38.1 Å². The maximum atomic E-state index is 9.37. The number of aromatic nitrogens is 2. The van der Waals surface area contributed by atoms with E-state index in [0.717, 1.165) is 16.9 Å². The maximum Gasteiger partial charge on any atom is 0.0889 e. The molecule has 0 amide bonds. The van der Waals surface area contributed by atoms with Gasteiger partial charge in [-0.2, -0.15) is 5.10 Å². The number of benzene rings is 2. The molecule has 0 saturated heterocycles. The second-order valence-corrected chi connectivity index (χ2v) is 5.53. The van der Waals surface area contributed by atoms with E-state index in [1.54, 1.807) is 11.8 Å². The number of hydrogen-bond donors (Lipinski definition) is 1. The van der Waals surface area contributed by atoms with Crippen molar-refractivity contribution in [2.24, 2.45) is 0 Å². The molecule has 4 heteroatoms. The van der Waals surface area contributed by atoms with Gasteiger partial charge in [0, 0.05) is 10.5 Å². The molecule has 1 N–H and O–H groups in total. The van der Waals surface area contributed by atoms with Crippen molar-refractivity contribution in [3.8, 4) is 16.9 Å². The van der Waals surface area contributed by atoms with Crippen LogP contribution >= 0.6 is 11.8 Å². The van der Waals surface area contributed by atoms with Crippen LogP contribution in [-0.4, -0.2) is 21.1 Å². The van der Waals surface area contributed by atoms with Gasteiger partial charge >= 0.3 is 0 Å². The van der Waals surface area contributed by atoms with E-state index in [1.165, 1.54) is 4.90 Å². The highest BCUT2D eigenvalue weighted by Gasteiger charge is 2.11. The quantitative estimate of drug-likeness (QED) is 0.745. The van der Waals surface area contributed by atoms with E-state index in [4.69, 9.17) is 0 Å². The van der Waals surface area contributed by atoms with Crippen molar-refractivity contribution in [1.29, 1.82) is 0 Å². The number of para-hydroxylation sites is 1. The van der Waals surface area contributed by atoms with Crippen LogP contribution in [0.25, 0.3) is 16.9 Å². The van der Waals surface area contributed by atoms with Gasteiger partial charge in [-0.3, -0.25) is 0 Å². The Labute approximate surface area is 128 Å². The molecule has 0 saturated carbocycles. The average molecular weight is 296 g/mol.